The summed E-state index contributed by atoms with van der Waals surface area (Å²) in [6.07, 6.45) is 4.03. The normalized spacial score (nSPS) is 24.5. The van der Waals surface area contributed by atoms with Crippen LogP contribution in [-0.4, -0.2) is 61.5 Å². The number of hydrogen-bond donors (Lipinski definition) is 0. The first-order valence-corrected chi connectivity index (χ1v) is 14.6. The molecule has 1 fully saturated rings. The molecule has 36 heavy (non-hydrogen) atoms. The maximum atomic E-state index is 14.2. The molecular formula is C26H30Cl2N2O5S. The summed E-state index contributed by atoms with van der Waals surface area (Å²) < 4.78 is 32.0. The van der Waals surface area contributed by atoms with Gasteiger partial charge < -0.3 is 9.64 Å². The Morgan fingerprint density at radius 2 is 1.81 bits per heavy atom. The monoisotopic (exact) mass is 552 g/mol. The first-order chi connectivity index (χ1) is 17.1. The molecule has 0 aromatic heterocycles. The van der Waals surface area contributed by atoms with Crippen molar-refractivity contribution in [1.82, 2.24) is 9.21 Å². The molecule has 1 heterocycles. The first kappa shape index (κ1) is 26.9. The van der Waals surface area contributed by atoms with Gasteiger partial charge in [-0.2, -0.15) is 0 Å². The summed E-state index contributed by atoms with van der Waals surface area (Å²) in [4.78, 5) is 29.3. The number of fused-ring (bicyclic) bond motifs is 1. The van der Waals surface area contributed by atoms with Crippen LogP contribution >= 0.6 is 23.2 Å². The summed E-state index contributed by atoms with van der Waals surface area (Å²) in [6.45, 7) is 1.91. The lowest BCUT2D eigenvalue weighted by molar-refractivity contribution is -0.147. The van der Waals surface area contributed by atoms with E-state index >= 15 is 0 Å². The Balaban J connectivity index is 1.96. The Kier molecular flexibility index (Phi) is 8.00. The van der Waals surface area contributed by atoms with E-state index in [0.29, 0.717) is 39.6 Å². The van der Waals surface area contributed by atoms with Crippen LogP contribution in [0.4, 0.5) is 0 Å². The molecule has 194 valence electrons. The van der Waals surface area contributed by atoms with E-state index < -0.39 is 40.0 Å². The van der Waals surface area contributed by atoms with E-state index in [0.717, 1.165) is 12.8 Å². The Hall–Kier alpha value is -2.13. The zero-order chi connectivity index (χ0) is 26.2. The highest BCUT2D eigenvalue weighted by Gasteiger charge is 2.50. The second-order valence-electron chi connectivity index (χ2n) is 9.34. The number of carbonyl (C=O) groups excluding carboxylic acids is 2. The molecule has 1 aliphatic heterocycles. The Bertz CT molecular complexity index is 1270. The number of halogens is 2. The molecule has 0 spiro atoms. The van der Waals surface area contributed by atoms with E-state index in [4.69, 9.17) is 27.9 Å². The summed E-state index contributed by atoms with van der Waals surface area (Å²) in [5.74, 6) is -1.58. The number of nitrogens with zero attached hydrogens (tertiary/aromatic N) is 2. The average Bonchev–Trinajstić information content (AvgIpc) is 2.83. The van der Waals surface area contributed by atoms with Crippen LogP contribution in [0.1, 0.15) is 66.1 Å². The maximum absolute atomic E-state index is 14.2. The molecule has 2 aromatic carbocycles. The molecule has 1 amide bonds. The Morgan fingerprint density at radius 1 is 1.11 bits per heavy atom. The molecule has 4 rings (SSSR count). The number of hydrogen-bond acceptors (Lipinski definition) is 5. The predicted molar refractivity (Wildman–Crippen MR) is 140 cm³/mol. The minimum absolute atomic E-state index is 0.176. The fraction of sp³-hybridized carbons (Fsp3) is 0.462. The van der Waals surface area contributed by atoms with Gasteiger partial charge in [0.1, 0.15) is 5.92 Å². The van der Waals surface area contributed by atoms with E-state index in [9.17, 15) is 18.0 Å². The standard InChI is InChI=1S/C26H30Cl2N2O5S/c1-4-35-26(32)23-17-9-5-6-10-18(17)25(31)30(24(23)19-14-13-16(27)15-20(19)28)22-12-8-7-11-21(22)29(2)36(3,33)34/h5-6,9-10,13-15,21-24H,4,7-8,11-12H2,1-3H3. The smallest absolute Gasteiger partial charge is 0.315 e. The number of benzene rings is 2. The van der Waals surface area contributed by atoms with Crippen molar-refractivity contribution in [2.24, 2.45) is 0 Å². The maximum Gasteiger partial charge on any atom is 0.315 e. The van der Waals surface area contributed by atoms with E-state index in [-0.39, 0.29) is 12.5 Å². The molecule has 1 aliphatic carbocycles. The van der Waals surface area contributed by atoms with Gasteiger partial charge in [0.25, 0.3) is 5.91 Å². The van der Waals surface area contributed by atoms with Crippen LogP contribution in [-0.2, 0) is 19.6 Å². The van der Waals surface area contributed by atoms with Gasteiger partial charge in [0.2, 0.25) is 10.0 Å². The topological polar surface area (TPSA) is 84.0 Å². The van der Waals surface area contributed by atoms with Crippen molar-refractivity contribution in [3.63, 3.8) is 0 Å². The minimum atomic E-state index is -3.53. The molecule has 0 saturated heterocycles. The summed E-state index contributed by atoms with van der Waals surface area (Å²) in [5.41, 5.74) is 1.54. The van der Waals surface area contributed by atoms with Crippen LogP contribution in [0.5, 0.6) is 0 Å². The van der Waals surface area contributed by atoms with Gasteiger partial charge in [-0.15, -0.1) is 0 Å². The van der Waals surface area contributed by atoms with Crippen molar-refractivity contribution in [2.75, 3.05) is 19.9 Å². The third-order valence-electron chi connectivity index (χ3n) is 7.24. The number of rotatable bonds is 6. The fourth-order valence-electron chi connectivity index (χ4n) is 5.56. The van der Waals surface area contributed by atoms with Crippen molar-refractivity contribution >= 4 is 45.1 Å². The minimum Gasteiger partial charge on any atom is -0.465 e. The van der Waals surface area contributed by atoms with Crippen LogP contribution in [0, 0.1) is 0 Å². The molecule has 2 aliphatic rings. The van der Waals surface area contributed by atoms with Gasteiger partial charge in [-0.3, -0.25) is 9.59 Å². The lowest BCUT2D eigenvalue weighted by atomic mass is 9.77. The summed E-state index contributed by atoms with van der Waals surface area (Å²) >= 11 is 12.9. The zero-order valence-corrected chi connectivity index (χ0v) is 22.8. The van der Waals surface area contributed by atoms with Crippen LogP contribution in [0.2, 0.25) is 10.0 Å². The molecule has 0 N–H and O–H groups in total. The third kappa shape index (κ3) is 5.01. The largest absolute Gasteiger partial charge is 0.465 e. The average molecular weight is 554 g/mol. The fourth-order valence-corrected chi connectivity index (χ4v) is 6.82. The number of carbonyl (C=O) groups is 2. The molecule has 0 bridgehead atoms. The predicted octanol–water partition coefficient (Wildman–Crippen LogP) is 5.04. The molecule has 4 atom stereocenters. The van der Waals surface area contributed by atoms with Gasteiger partial charge in [0, 0.05) is 34.7 Å². The van der Waals surface area contributed by atoms with E-state index in [2.05, 4.69) is 0 Å². The molecule has 4 unspecified atom stereocenters. The van der Waals surface area contributed by atoms with Gasteiger partial charge in [-0.25, -0.2) is 12.7 Å². The van der Waals surface area contributed by atoms with Crippen LogP contribution in [0.25, 0.3) is 0 Å². The SMILES string of the molecule is CCOC(=O)C1c2ccccc2C(=O)N(C2CCCCC2N(C)S(C)(=O)=O)C1c1ccc(Cl)cc1Cl. The van der Waals surface area contributed by atoms with Crippen molar-refractivity contribution in [3.8, 4) is 0 Å². The quantitative estimate of drug-likeness (QED) is 0.468. The number of ether oxygens (including phenoxy) is 1. The van der Waals surface area contributed by atoms with Crippen LogP contribution in [0.3, 0.4) is 0 Å². The molecule has 1 saturated carbocycles. The molecule has 10 heteroatoms. The Morgan fingerprint density at radius 3 is 2.47 bits per heavy atom. The lowest BCUT2D eigenvalue weighted by Gasteiger charge is -2.50. The highest BCUT2D eigenvalue weighted by atomic mass is 35.5. The van der Waals surface area contributed by atoms with Crippen LogP contribution < -0.4 is 0 Å². The second kappa shape index (κ2) is 10.7. The van der Waals surface area contributed by atoms with E-state index in [1.165, 1.54) is 10.6 Å². The van der Waals surface area contributed by atoms with Gasteiger partial charge in [-0.05, 0) is 49.1 Å². The first-order valence-electron chi connectivity index (χ1n) is 12.0. The molecule has 0 radical (unpaired) electrons. The second-order valence-corrected chi connectivity index (χ2v) is 12.2. The van der Waals surface area contributed by atoms with Crippen molar-refractivity contribution in [1.29, 1.82) is 0 Å². The number of amides is 1. The highest BCUT2D eigenvalue weighted by Crippen LogP contribution is 2.48. The molecular weight excluding hydrogens is 523 g/mol. The van der Waals surface area contributed by atoms with Crippen LogP contribution in [0.15, 0.2) is 42.5 Å². The van der Waals surface area contributed by atoms with Crippen molar-refractivity contribution in [2.45, 2.75) is 56.7 Å². The Labute approximate surface area is 222 Å². The van der Waals surface area contributed by atoms with Gasteiger partial charge in [0.05, 0.1) is 18.9 Å². The lowest BCUT2D eigenvalue weighted by Crippen LogP contribution is -2.59. The van der Waals surface area contributed by atoms with Crippen molar-refractivity contribution in [3.05, 3.63) is 69.2 Å². The summed E-state index contributed by atoms with van der Waals surface area (Å²) in [7, 11) is -1.98. The molecule has 2 aromatic rings. The molecule has 7 nitrogen and oxygen atoms in total. The van der Waals surface area contributed by atoms with E-state index in [1.54, 1.807) is 61.3 Å². The number of likely N-dealkylation sites (N-methyl/N-ethyl adjacent to an activating group) is 1. The van der Waals surface area contributed by atoms with E-state index in [1.807, 2.05) is 0 Å². The number of esters is 1. The van der Waals surface area contributed by atoms with Gasteiger partial charge >= 0.3 is 5.97 Å². The summed E-state index contributed by atoms with van der Waals surface area (Å²) in [6, 6.07) is 10.3. The van der Waals surface area contributed by atoms with Gasteiger partial charge in [-0.1, -0.05) is 60.3 Å². The summed E-state index contributed by atoms with van der Waals surface area (Å²) in [5, 5.41) is 0.751. The highest BCUT2D eigenvalue weighted by molar-refractivity contribution is 7.88. The van der Waals surface area contributed by atoms with Crippen molar-refractivity contribution < 1.29 is 22.7 Å². The van der Waals surface area contributed by atoms with Gasteiger partial charge in [0.15, 0.2) is 0 Å². The zero-order valence-electron chi connectivity index (χ0n) is 20.5. The third-order valence-corrected chi connectivity index (χ3v) is 9.12. The number of sulfonamides is 1.